The molecule has 0 aliphatic carbocycles. The Labute approximate surface area is 93.8 Å². The van der Waals surface area contributed by atoms with E-state index in [1.54, 1.807) is 12.4 Å². The van der Waals surface area contributed by atoms with Crippen molar-refractivity contribution in [3.8, 4) is 0 Å². The van der Waals surface area contributed by atoms with Crippen molar-refractivity contribution in [2.75, 3.05) is 0 Å². The summed E-state index contributed by atoms with van der Waals surface area (Å²) in [6.45, 7) is 0. The van der Waals surface area contributed by atoms with Gasteiger partial charge in [-0.1, -0.05) is 12.2 Å². The van der Waals surface area contributed by atoms with Crippen molar-refractivity contribution in [3.63, 3.8) is 0 Å². The van der Waals surface area contributed by atoms with Crippen LogP contribution >= 0.6 is 17.0 Å². The molecule has 0 aromatic carbocycles. The summed E-state index contributed by atoms with van der Waals surface area (Å²) in [4.78, 5) is 3.98. The lowest BCUT2D eigenvalue weighted by Crippen LogP contribution is -1.92. The molecule has 14 heavy (non-hydrogen) atoms. The number of nitrogens with zero attached hydrogens (tertiary/aromatic N) is 1. The van der Waals surface area contributed by atoms with Gasteiger partial charge in [-0.05, 0) is 29.3 Å². The summed E-state index contributed by atoms with van der Waals surface area (Å²) in [6.07, 6.45) is 13.5. The van der Waals surface area contributed by atoms with Crippen molar-refractivity contribution in [2.45, 2.75) is 0 Å². The Morgan fingerprint density at radius 2 is 1.86 bits per heavy atom. The van der Waals surface area contributed by atoms with Crippen molar-refractivity contribution >= 4 is 22.6 Å². The Bertz CT molecular complexity index is 366. The van der Waals surface area contributed by atoms with Gasteiger partial charge in [0.15, 0.2) is 0 Å². The molecule has 1 aromatic rings. The third-order valence-corrected chi connectivity index (χ3v) is 1.83. The van der Waals surface area contributed by atoms with Crippen LogP contribution in [0.5, 0.6) is 0 Å². The van der Waals surface area contributed by atoms with Gasteiger partial charge in [0.25, 0.3) is 0 Å². The lowest BCUT2D eigenvalue weighted by atomic mass is 10.1. The second-order valence-corrected chi connectivity index (χ2v) is 2.72. The van der Waals surface area contributed by atoms with Gasteiger partial charge in [0.1, 0.15) is 0 Å². The maximum absolute atomic E-state index is 3.98. The number of nitrogens with one attached hydrogen (secondary N) is 1. The highest BCUT2D eigenvalue weighted by Gasteiger charge is 1.96. The van der Waals surface area contributed by atoms with Gasteiger partial charge in [-0.25, -0.2) is 0 Å². The summed E-state index contributed by atoms with van der Waals surface area (Å²) in [5.74, 6) is 0. The lowest BCUT2D eigenvalue weighted by molar-refractivity contribution is 1.20. The molecule has 1 aromatic heterocycles. The maximum Gasteiger partial charge on any atom is 0.0273 e. The standard InChI is InChI=1S/C11H10N2.BrH/c1-2-6-13-9-11(3-1)10-4-7-12-8-5-10;/h1-9,13H;1H. The third kappa shape index (κ3) is 2.57. The Balaban J connectivity index is 0.000000980. The SMILES string of the molecule is Br.C1=CNC=C(c2ccncc2)C=C1. The molecule has 3 heteroatoms. The molecule has 0 bridgehead atoms. The topological polar surface area (TPSA) is 24.9 Å². The van der Waals surface area contributed by atoms with Crippen LogP contribution in [0.25, 0.3) is 5.57 Å². The fraction of sp³-hybridized carbons (Fsp3) is 0. The monoisotopic (exact) mass is 250 g/mol. The molecule has 0 saturated heterocycles. The molecule has 2 nitrogen and oxygen atoms in total. The average molecular weight is 251 g/mol. The molecule has 72 valence electrons. The van der Waals surface area contributed by atoms with Gasteiger partial charge in [0, 0.05) is 24.8 Å². The van der Waals surface area contributed by atoms with Crippen LogP contribution in [0.3, 0.4) is 0 Å². The van der Waals surface area contributed by atoms with Crippen LogP contribution in [0.1, 0.15) is 5.56 Å². The number of hydrogen-bond acceptors (Lipinski definition) is 2. The zero-order valence-corrected chi connectivity index (χ0v) is 9.26. The van der Waals surface area contributed by atoms with Crippen molar-refractivity contribution in [3.05, 3.63) is 60.7 Å². The van der Waals surface area contributed by atoms with Gasteiger partial charge in [0.2, 0.25) is 0 Å². The van der Waals surface area contributed by atoms with Crippen molar-refractivity contribution in [1.82, 2.24) is 10.3 Å². The van der Waals surface area contributed by atoms with Crippen molar-refractivity contribution in [1.29, 1.82) is 0 Å². The minimum atomic E-state index is 0. The number of allylic oxidation sites excluding steroid dienone is 4. The molecule has 0 radical (unpaired) electrons. The van der Waals surface area contributed by atoms with Crippen molar-refractivity contribution < 1.29 is 0 Å². The summed E-state index contributed by atoms with van der Waals surface area (Å²) in [5, 5.41) is 3.07. The molecular weight excluding hydrogens is 240 g/mol. The normalized spacial score (nSPS) is 13.6. The first-order chi connectivity index (χ1) is 6.47. The number of hydrogen-bond donors (Lipinski definition) is 1. The molecule has 0 fully saturated rings. The van der Waals surface area contributed by atoms with E-state index in [2.05, 4.69) is 16.4 Å². The fourth-order valence-electron chi connectivity index (χ4n) is 1.18. The Kier molecular flexibility index (Phi) is 4.13. The average Bonchev–Trinajstić information content (AvgIpc) is 2.47. The predicted octanol–water partition coefficient (Wildman–Crippen LogP) is 2.67. The van der Waals surface area contributed by atoms with Crippen LogP contribution in [0.15, 0.2) is 55.2 Å². The molecule has 1 aliphatic rings. The van der Waals surface area contributed by atoms with E-state index in [4.69, 9.17) is 0 Å². The highest BCUT2D eigenvalue weighted by atomic mass is 79.9. The molecule has 2 rings (SSSR count). The van der Waals surface area contributed by atoms with Gasteiger partial charge in [0.05, 0.1) is 0 Å². The zero-order chi connectivity index (χ0) is 8.93. The smallest absolute Gasteiger partial charge is 0.0273 e. The second kappa shape index (κ2) is 5.40. The lowest BCUT2D eigenvalue weighted by Gasteiger charge is -2.00. The molecule has 1 N–H and O–H groups in total. The van der Waals surface area contributed by atoms with Crippen LogP contribution in [0, 0.1) is 0 Å². The molecule has 2 heterocycles. The molecule has 1 aliphatic heterocycles. The molecular formula is C11H11BrN2. The van der Waals surface area contributed by atoms with Crippen LogP contribution in [-0.4, -0.2) is 4.98 Å². The highest BCUT2D eigenvalue weighted by Crippen LogP contribution is 2.14. The Morgan fingerprint density at radius 1 is 1.07 bits per heavy atom. The van der Waals surface area contributed by atoms with E-state index in [0.717, 1.165) is 5.57 Å². The molecule has 0 atom stereocenters. The number of halogens is 1. The maximum atomic E-state index is 3.98. The van der Waals surface area contributed by atoms with Crippen molar-refractivity contribution in [2.24, 2.45) is 0 Å². The van der Waals surface area contributed by atoms with E-state index in [0.29, 0.717) is 0 Å². The first-order valence-electron chi connectivity index (χ1n) is 4.17. The molecule has 0 spiro atoms. The first kappa shape index (κ1) is 10.7. The van der Waals surface area contributed by atoms with Crippen LogP contribution in [0.2, 0.25) is 0 Å². The van der Waals surface area contributed by atoms with Crippen LogP contribution < -0.4 is 5.32 Å². The third-order valence-electron chi connectivity index (χ3n) is 1.83. The summed E-state index contributed by atoms with van der Waals surface area (Å²) < 4.78 is 0. The highest BCUT2D eigenvalue weighted by molar-refractivity contribution is 8.93. The van der Waals surface area contributed by atoms with Crippen LogP contribution in [0.4, 0.5) is 0 Å². The second-order valence-electron chi connectivity index (χ2n) is 2.72. The summed E-state index contributed by atoms with van der Waals surface area (Å²) in [7, 11) is 0. The minimum Gasteiger partial charge on any atom is -0.367 e. The van der Waals surface area contributed by atoms with E-state index in [1.807, 2.05) is 36.7 Å². The molecule has 0 amide bonds. The van der Waals surface area contributed by atoms with E-state index >= 15 is 0 Å². The number of rotatable bonds is 1. The van der Waals surface area contributed by atoms with Gasteiger partial charge in [-0.2, -0.15) is 0 Å². The minimum absolute atomic E-state index is 0. The first-order valence-corrected chi connectivity index (χ1v) is 4.17. The summed E-state index contributed by atoms with van der Waals surface area (Å²) >= 11 is 0. The van der Waals surface area contributed by atoms with Gasteiger partial charge in [-0.3, -0.25) is 4.98 Å². The Morgan fingerprint density at radius 3 is 2.64 bits per heavy atom. The largest absolute Gasteiger partial charge is 0.367 e. The quantitative estimate of drug-likeness (QED) is 0.830. The van der Waals surface area contributed by atoms with E-state index < -0.39 is 0 Å². The predicted molar refractivity (Wildman–Crippen MR) is 64.0 cm³/mol. The number of aromatic nitrogens is 1. The van der Waals surface area contributed by atoms with Gasteiger partial charge in [-0.15, -0.1) is 17.0 Å². The molecule has 0 saturated carbocycles. The summed E-state index contributed by atoms with van der Waals surface area (Å²) in [6, 6.07) is 3.98. The van der Waals surface area contributed by atoms with E-state index in [9.17, 15) is 0 Å². The van der Waals surface area contributed by atoms with Crippen LogP contribution in [-0.2, 0) is 0 Å². The number of pyridine rings is 1. The molecule has 0 unspecified atom stereocenters. The van der Waals surface area contributed by atoms with E-state index in [1.165, 1.54) is 5.56 Å². The van der Waals surface area contributed by atoms with E-state index in [-0.39, 0.29) is 17.0 Å². The Hall–Kier alpha value is -1.35. The summed E-state index contributed by atoms with van der Waals surface area (Å²) in [5.41, 5.74) is 2.33. The van der Waals surface area contributed by atoms with Gasteiger partial charge >= 0.3 is 0 Å². The fourth-order valence-corrected chi connectivity index (χ4v) is 1.18. The zero-order valence-electron chi connectivity index (χ0n) is 7.55. The van der Waals surface area contributed by atoms with Gasteiger partial charge < -0.3 is 5.32 Å².